The average Bonchev–Trinajstić information content (AvgIpc) is 3.63. The number of hydrogen-bond acceptors (Lipinski definition) is 9. The van der Waals surface area contributed by atoms with Gasteiger partial charge in [0.1, 0.15) is 17.4 Å². The van der Waals surface area contributed by atoms with Crippen molar-refractivity contribution in [3.63, 3.8) is 0 Å². The third-order valence-electron chi connectivity index (χ3n) is 5.77. The topological polar surface area (TPSA) is 155 Å². The summed E-state index contributed by atoms with van der Waals surface area (Å²) < 4.78 is 5.48. The highest BCUT2D eigenvalue weighted by Gasteiger charge is 2.26. The monoisotopic (exact) mass is 523 g/mol. The number of rotatable bonds is 6. The molecular formula is C26H21N9O2S. The summed E-state index contributed by atoms with van der Waals surface area (Å²) in [7, 11) is 0. The van der Waals surface area contributed by atoms with Gasteiger partial charge < -0.3 is 15.0 Å². The number of thiophene rings is 1. The van der Waals surface area contributed by atoms with Crippen LogP contribution < -0.4 is 15.6 Å². The maximum atomic E-state index is 12.3. The van der Waals surface area contributed by atoms with Gasteiger partial charge >= 0.3 is 6.03 Å². The third-order valence-corrected chi connectivity index (χ3v) is 7.02. The van der Waals surface area contributed by atoms with Crippen LogP contribution in [0.2, 0.25) is 0 Å². The Balaban J connectivity index is 1.34. The van der Waals surface area contributed by atoms with Crippen LogP contribution in [0.4, 0.5) is 15.5 Å². The molecule has 1 aliphatic heterocycles. The molecule has 1 aliphatic rings. The van der Waals surface area contributed by atoms with Crippen molar-refractivity contribution in [1.82, 2.24) is 20.6 Å². The smallest absolute Gasteiger partial charge is 0.339 e. The van der Waals surface area contributed by atoms with E-state index in [2.05, 4.69) is 42.0 Å². The van der Waals surface area contributed by atoms with Crippen LogP contribution in [0.3, 0.4) is 0 Å². The zero-order valence-corrected chi connectivity index (χ0v) is 20.8. The minimum atomic E-state index is -0.507. The van der Waals surface area contributed by atoms with Gasteiger partial charge in [0.15, 0.2) is 5.82 Å². The number of aromatic amines is 1. The maximum Gasteiger partial charge on any atom is 0.339 e. The molecule has 12 heteroatoms. The first kappa shape index (κ1) is 24.6. The molecule has 0 aliphatic carbocycles. The summed E-state index contributed by atoms with van der Waals surface area (Å²) in [6, 6.07) is 17.9. The first-order chi connectivity index (χ1) is 18.7. The van der Waals surface area contributed by atoms with Crippen molar-refractivity contribution in [3.8, 4) is 34.0 Å². The summed E-state index contributed by atoms with van der Waals surface area (Å²) in [4.78, 5) is 19.6. The van der Waals surface area contributed by atoms with Crippen LogP contribution in [0, 0.1) is 22.7 Å². The third kappa shape index (κ3) is 5.37. The SMILES string of the molecule is N#Cc1ccc(/C=N/NC(=O)Nc2ccc(-c3c(-c4nc[nH]n4)sc(N4CCOCC4)c3C#N)cc2)cc1. The molecule has 2 aromatic heterocycles. The van der Waals surface area contributed by atoms with Gasteiger partial charge in [-0.15, -0.1) is 11.3 Å². The highest BCUT2D eigenvalue weighted by Crippen LogP contribution is 2.46. The fourth-order valence-corrected chi connectivity index (χ4v) is 5.22. The Hall–Kier alpha value is -5.04. The van der Waals surface area contributed by atoms with Crippen LogP contribution in [0.15, 0.2) is 60.0 Å². The number of ether oxygens (including phenoxy) is 1. The summed E-state index contributed by atoms with van der Waals surface area (Å²) >= 11 is 1.49. The largest absolute Gasteiger partial charge is 0.378 e. The first-order valence-corrected chi connectivity index (χ1v) is 12.4. The number of carbonyl (C=O) groups excluding carboxylic acids is 1. The molecular weight excluding hydrogens is 502 g/mol. The average molecular weight is 524 g/mol. The number of amides is 2. The molecule has 4 aromatic rings. The molecule has 11 nitrogen and oxygen atoms in total. The van der Waals surface area contributed by atoms with E-state index in [9.17, 15) is 10.1 Å². The standard InChI is InChI=1S/C26H21N9O2S/c27-13-17-1-3-18(4-2-17)15-30-34-26(36)32-20-7-5-19(6-8-20)22-21(14-28)25(35-9-11-37-12-10-35)38-23(22)24-29-16-31-33-24/h1-8,15-16H,9-12H2,(H,29,31,33)(H2,32,34,36)/b30-15+. The van der Waals surface area contributed by atoms with Crippen molar-refractivity contribution in [2.24, 2.45) is 5.10 Å². The summed E-state index contributed by atoms with van der Waals surface area (Å²) in [5.74, 6) is 0.516. The highest BCUT2D eigenvalue weighted by atomic mass is 32.1. The van der Waals surface area contributed by atoms with Crippen molar-refractivity contribution in [2.45, 2.75) is 0 Å². The lowest BCUT2D eigenvalue weighted by Gasteiger charge is -2.27. The number of aromatic nitrogens is 3. The number of carbonyl (C=O) groups is 1. The molecule has 5 rings (SSSR count). The molecule has 3 heterocycles. The lowest BCUT2D eigenvalue weighted by molar-refractivity contribution is 0.123. The van der Waals surface area contributed by atoms with E-state index in [1.54, 1.807) is 36.4 Å². The zero-order valence-electron chi connectivity index (χ0n) is 20.0. The normalized spacial score (nSPS) is 13.2. The molecule has 1 saturated heterocycles. The number of hydrazone groups is 1. The Morgan fingerprint density at radius 2 is 1.87 bits per heavy atom. The first-order valence-electron chi connectivity index (χ1n) is 11.6. The summed E-state index contributed by atoms with van der Waals surface area (Å²) in [5, 5.41) is 33.5. The second-order valence-electron chi connectivity index (χ2n) is 8.16. The molecule has 0 spiro atoms. The molecule has 188 valence electrons. The van der Waals surface area contributed by atoms with E-state index in [1.807, 2.05) is 18.2 Å². The van der Waals surface area contributed by atoms with Crippen molar-refractivity contribution >= 4 is 34.3 Å². The molecule has 2 amide bonds. The van der Waals surface area contributed by atoms with Crippen LogP contribution >= 0.6 is 11.3 Å². The minimum absolute atomic E-state index is 0.507. The van der Waals surface area contributed by atoms with Gasteiger partial charge in [-0.1, -0.05) is 24.3 Å². The molecule has 0 unspecified atom stereocenters. The Bertz CT molecular complexity index is 1520. The number of benzene rings is 2. The molecule has 3 N–H and O–H groups in total. The number of nitrogens with zero attached hydrogens (tertiary/aromatic N) is 6. The van der Waals surface area contributed by atoms with E-state index in [0.29, 0.717) is 48.9 Å². The lowest BCUT2D eigenvalue weighted by Crippen LogP contribution is -2.36. The van der Waals surface area contributed by atoms with Crippen LogP contribution in [0.25, 0.3) is 21.8 Å². The number of morpholine rings is 1. The van der Waals surface area contributed by atoms with Crippen LogP contribution in [0.5, 0.6) is 0 Å². The molecule has 0 radical (unpaired) electrons. The second kappa shape index (κ2) is 11.3. The van der Waals surface area contributed by atoms with Crippen molar-refractivity contribution in [1.29, 1.82) is 10.5 Å². The predicted octanol–water partition coefficient (Wildman–Crippen LogP) is 3.94. The predicted molar refractivity (Wildman–Crippen MR) is 144 cm³/mol. The van der Waals surface area contributed by atoms with Crippen molar-refractivity contribution in [2.75, 3.05) is 36.5 Å². The Morgan fingerprint density at radius 1 is 1.11 bits per heavy atom. The van der Waals surface area contributed by atoms with Gasteiger partial charge in [0.2, 0.25) is 0 Å². The van der Waals surface area contributed by atoms with Crippen LogP contribution in [0.1, 0.15) is 16.7 Å². The minimum Gasteiger partial charge on any atom is -0.378 e. The van der Waals surface area contributed by atoms with Gasteiger partial charge in [0.25, 0.3) is 0 Å². The number of hydrogen-bond donors (Lipinski definition) is 3. The van der Waals surface area contributed by atoms with Gasteiger partial charge in [-0.2, -0.15) is 20.7 Å². The van der Waals surface area contributed by atoms with Gasteiger partial charge in [-0.05, 0) is 35.4 Å². The van der Waals surface area contributed by atoms with E-state index in [0.717, 1.165) is 26.6 Å². The van der Waals surface area contributed by atoms with Gasteiger partial charge in [0, 0.05) is 24.3 Å². The summed E-state index contributed by atoms with van der Waals surface area (Å²) in [6.07, 6.45) is 3.00. The van der Waals surface area contributed by atoms with E-state index >= 15 is 0 Å². The van der Waals surface area contributed by atoms with Crippen molar-refractivity contribution in [3.05, 3.63) is 71.5 Å². The highest BCUT2D eigenvalue weighted by molar-refractivity contribution is 7.20. The maximum absolute atomic E-state index is 12.3. The lowest BCUT2D eigenvalue weighted by atomic mass is 10.0. The Labute approximate surface area is 222 Å². The molecule has 0 saturated carbocycles. The molecule has 0 atom stereocenters. The summed E-state index contributed by atoms with van der Waals surface area (Å²) in [5.41, 5.74) is 6.39. The zero-order chi connectivity index (χ0) is 26.3. The van der Waals surface area contributed by atoms with E-state index < -0.39 is 6.03 Å². The van der Waals surface area contributed by atoms with Crippen LogP contribution in [-0.4, -0.2) is 53.7 Å². The molecule has 2 aromatic carbocycles. The van der Waals surface area contributed by atoms with E-state index in [1.165, 1.54) is 23.9 Å². The summed E-state index contributed by atoms with van der Waals surface area (Å²) in [6.45, 7) is 2.61. The molecule has 1 fully saturated rings. The van der Waals surface area contributed by atoms with Gasteiger partial charge in [-0.25, -0.2) is 15.2 Å². The van der Waals surface area contributed by atoms with Crippen molar-refractivity contribution < 1.29 is 9.53 Å². The van der Waals surface area contributed by atoms with E-state index in [4.69, 9.17) is 10.00 Å². The number of urea groups is 1. The Kier molecular flexibility index (Phi) is 7.36. The van der Waals surface area contributed by atoms with Gasteiger partial charge in [0.05, 0.1) is 41.5 Å². The Morgan fingerprint density at radius 3 is 2.53 bits per heavy atom. The fraction of sp³-hybridized carbons (Fsp3) is 0.154. The number of nitrogens with one attached hydrogen (secondary N) is 3. The quantitative estimate of drug-likeness (QED) is 0.255. The number of anilines is 2. The molecule has 38 heavy (non-hydrogen) atoms. The second-order valence-corrected chi connectivity index (χ2v) is 9.15. The number of H-pyrrole nitrogens is 1. The molecule has 0 bridgehead atoms. The fourth-order valence-electron chi connectivity index (χ4n) is 3.95. The van der Waals surface area contributed by atoms with E-state index in [-0.39, 0.29) is 0 Å². The van der Waals surface area contributed by atoms with Gasteiger partial charge in [-0.3, -0.25) is 5.10 Å². The van der Waals surface area contributed by atoms with Crippen LogP contribution in [-0.2, 0) is 4.74 Å². The number of nitriles is 2.